The summed E-state index contributed by atoms with van der Waals surface area (Å²) in [6.45, 7) is 10.8. The van der Waals surface area contributed by atoms with Gasteiger partial charge in [0, 0.05) is 13.0 Å². The van der Waals surface area contributed by atoms with E-state index in [1.807, 2.05) is 0 Å². The van der Waals surface area contributed by atoms with Gasteiger partial charge in [-0.2, -0.15) is 5.26 Å². The van der Waals surface area contributed by atoms with Gasteiger partial charge in [-0.15, -0.1) is 0 Å². The SMILES string of the molecule is CCCCOCC1(C(CC#N)C(C)(C)C)CCCC1. The Bertz CT molecular complexity index is 291. The third-order valence-corrected chi connectivity index (χ3v) is 4.71. The largest absolute Gasteiger partial charge is 0.381 e. The molecule has 0 N–H and O–H groups in total. The van der Waals surface area contributed by atoms with Gasteiger partial charge in [-0.25, -0.2) is 0 Å². The second kappa shape index (κ2) is 7.29. The number of nitrogens with zero attached hydrogens (tertiary/aromatic N) is 1. The first-order valence-electron chi connectivity index (χ1n) is 7.91. The average Bonchev–Trinajstić information content (AvgIpc) is 2.80. The van der Waals surface area contributed by atoms with Crippen LogP contribution < -0.4 is 0 Å². The summed E-state index contributed by atoms with van der Waals surface area (Å²) in [6, 6.07) is 2.42. The number of unbranched alkanes of at least 4 members (excludes halogenated alkanes) is 1. The highest BCUT2D eigenvalue weighted by atomic mass is 16.5. The summed E-state index contributed by atoms with van der Waals surface area (Å²) in [7, 11) is 0. The van der Waals surface area contributed by atoms with Gasteiger partial charge in [0.2, 0.25) is 0 Å². The Morgan fingerprint density at radius 2 is 1.89 bits per heavy atom. The van der Waals surface area contributed by atoms with E-state index in [2.05, 4.69) is 33.8 Å². The maximum atomic E-state index is 9.19. The second-order valence-electron chi connectivity index (χ2n) is 7.26. The van der Waals surface area contributed by atoms with Gasteiger partial charge in [0.25, 0.3) is 0 Å². The van der Waals surface area contributed by atoms with Crippen molar-refractivity contribution in [1.29, 1.82) is 5.26 Å². The van der Waals surface area contributed by atoms with Crippen LogP contribution in [0.2, 0.25) is 0 Å². The van der Waals surface area contributed by atoms with Crippen molar-refractivity contribution in [3.8, 4) is 6.07 Å². The molecule has 0 bridgehead atoms. The van der Waals surface area contributed by atoms with Gasteiger partial charge in [-0.1, -0.05) is 47.0 Å². The van der Waals surface area contributed by atoms with E-state index in [-0.39, 0.29) is 10.8 Å². The van der Waals surface area contributed by atoms with Crippen LogP contribution in [0.15, 0.2) is 0 Å². The molecule has 0 aromatic carbocycles. The maximum Gasteiger partial charge on any atom is 0.0625 e. The summed E-state index contributed by atoms with van der Waals surface area (Å²) >= 11 is 0. The molecule has 0 aromatic rings. The Kier molecular flexibility index (Phi) is 6.33. The molecule has 0 spiro atoms. The smallest absolute Gasteiger partial charge is 0.0625 e. The van der Waals surface area contributed by atoms with Crippen LogP contribution >= 0.6 is 0 Å². The highest BCUT2D eigenvalue weighted by Crippen LogP contribution is 2.52. The fourth-order valence-corrected chi connectivity index (χ4v) is 3.73. The molecule has 1 aliphatic rings. The van der Waals surface area contributed by atoms with Crippen LogP contribution in [0, 0.1) is 28.1 Å². The van der Waals surface area contributed by atoms with Crippen LogP contribution in [-0.4, -0.2) is 13.2 Å². The Hall–Kier alpha value is -0.550. The number of rotatable bonds is 7. The monoisotopic (exact) mass is 265 g/mol. The van der Waals surface area contributed by atoms with Crippen LogP contribution in [0.5, 0.6) is 0 Å². The Balaban J connectivity index is 2.75. The predicted molar refractivity (Wildman–Crippen MR) is 79.8 cm³/mol. The zero-order valence-corrected chi connectivity index (χ0v) is 13.3. The lowest BCUT2D eigenvalue weighted by Crippen LogP contribution is -2.40. The van der Waals surface area contributed by atoms with Gasteiger partial charge in [0.1, 0.15) is 0 Å². The standard InChI is InChI=1S/C17H31NO/c1-5-6-13-19-14-17(10-7-8-11-17)15(9-12-18)16(2,3)4/h15H,5-11,13-14H2,1-4H3. The van der Waals surface area contributed by atoms with Crippen molar-refractivity contribution in [1.82, 2.24) is 0 Å². The zero-order valence-electron chi connectivity index (χ0n) is 13.3. The molecular weight excluding hydrogens is 234 g/mol. The molecule has 1 rings (SSSR count). The maximum absolute atomic E-state index is 9.19. The summed E-state index contributed by atoms with van der Waals surface area (Å²) in [6.07, 6.45) is 8.08. The van der Waals surface area contributed by atoms with Crippen LogP contribution in [0.25, 0.3) is 0 Å². The predicted octanol–water partition coefficient (Wildman–Crippen LogP) is 4.94. The van der Waals surface area contributed by atoms with E-state index in [9.17, 15) is 5.26 Å². The van der Waals surface area contributed by atoms with Gasteiger partial charge < -0.3 is 4.74 Å². The first-order chi connectivity index (χ1) is 8.96. The normalized spacial score (nSPS) is 20.2. The summed E-state index contributed by atoms with van der Waals surface area (Å²) in [5.74, 6) is 0.453. The van der Waals surface area contributed by atoms with Crippen molar-refractivity contribution in [3.63, 3.8) is 0 Å². The quantitative estimate of drug-likeness (QED) is 0.611. The minimum Gasteiger partial charge on any atom is -0.381 e. The first kappa shape index (κ1) is 16.5. The highest BCUT2D eigenvalue weighted by molar-refractivity contribution is 4.98. The fourth-order valence-electron chi connectivity index (χ4n) is 3.73. The van der Waals surface area contributed by atoms with Crippen LogP contribution in [-0.2, 0) is 4.74 Å². The van der Waals surface area contributed by atoms with Crippen molar-refractivity contribution < 1.29 is 4.74 Å². The molecule has 0 heterocycles. The van der Waals surface area contributed by atoms with E-state index in [0.29, 0.717) is 12.3 Å². The van der Waals surface area contributed by atoms with Gasteiger partial charge >= 0.3 is 0 Å². The molecule has 1 atom stereocenters. The lowest BCUT2D eigenvalue weighted by atomic mass is 9.62. The van der Waals surface area contributed by atoms with E-state index in [1.54, 1.807) is 0 Å². The summed E-state index contributed by atoms with van der Waals surface area (Å²) in [5.41, 5.74) is 0.440. The molecule has 0 radical (unpaired) electrons. The molecule has 1 saturated carbocycles. The van der Waals surface area contributed by atoms with Gasteiger partial charge in [-0.3, -0.25) is 0 Å². The number of ether oxygens (including phenoxy) is 1. The molecule has 2 heteroatoms. The van der Waals surface area contributed by atoms with Crippen molar-refractivity contribution in [3.05, 3.63) is 0 Å². The third-order valence-electron chi connectivity index (χ3n) is 4.71. The Morgan fingerprint density at radius 1 is 1.26 bits per heavy atom. The van der Waals surface area contributed by atoms with Crippen molar-refractivity contribution >= 4 is 0 Å². The van der Waals surface area contributed by atoms with E-state index in [1.165, 1.54) is 32.1 Å². The molecule has 110 valence electrons. The van der Waals surface area contributed by atoms with E-state index >= 15 is 0 Å². The average molecular weight is 265 g/mol. The van der Waals surface area contributed by atoms with Crippen LogP contribution in [0.4, 0.5) is 0 Å². The number of hydrogen-bond donors (Lipinski definition) is 0. The molecular formula is C17H31NO. The van der Waals surface area contributed by atoms with E-state index < -0.39 is 0 Å². The molecule has 1 aliphatic carbocycles. The molecule has 0 aromatic heterocycles. The van der Waals surface area contributed by atoms with E-state index in [0.717, 1.165) is 19.6 Å². The second-order valence-corrected chi connectivity index (χ2v) is 7.26. The molecule has 1 unspecified atom stereocenters. The number of hydrogen-bond acceptors (Lipinski definition) is 2. The van der Waals surface area contributed by atoms with Crippen molar-refractivity contribution in [2.24, 2.45) is 16.7 Å². The minimum atomic E-state index is 0.189. The topological polar surface area (TPSA) is 33.0 Å². The summed E-state index contributed by atoms with van der Waals surface area (Å²) in [4.78, 5) is 0. The Labute approximate surface area is 119 Å². The summed E-state index contributed by atoms with van der Waals surface area (Å²) in [5, 5.41) is 9.19. The van der Waals surface area contributed by atoms with Crippen molar-refractivity contribution in [2.45, 2.75) is 72.6 Å². The molecule has 0 saturated heterocycles. The van der Waals surface area contributed by atoms with Gasteiger partial charge in [0.05, 0.1) is 12.7 Å². The van der Waals surface area contributed by atoms with E-state index in [4.69, 9.17) is 4.74 Å². The molecule has 19 heavy (non-hydrogen) atoms. The van der Waals surface area contributed by atoms with Crippen LogP contribution in [0.3, 0.4) is 0 Å². The van der Waals surface area contributed by atoms with Gasteiger partial charge in [0.15, 0.2) is 0 Å². The highest BCUT2D eigenvalue weighted by Gasteiger charge is 2.46. The molecule has 0 aliphatic heterocycles. The lowest BCUT2D eigenvalue weighted by molar-refractivity contribution is -0.0277. The number of nitriles is 1. The van der Waals surface area contributed by atoms with Crippen LogP contribution in [0.1, 0.15) is 72.6 Å². The summed E-state index contributed by atoms with van der Waals surface area (Å²) < 4.78 is 5.97. The Morgan fingerprint density at radius 3 is 2.37 bits per heavy atom. The third kappa shape index (κ3) is 4.49. The lowest BCUT2D eigenvalue weighted by Gasteiger charge is -2.44. The first-order valence-corrected chi connectivity index (χ1v) is 7.91. The van der Waals surface area contributed by atoms with Crippen molar-refractivity contribution in [2.75, 3.05) is 13.2 Å². The molecule has 2 nitrogen and oxygen atoms in total. The zero-order chi connectivity index (χ0) is 14.4. The molecule has 1 fully saturated rings. The minimum absolute atomic E-state index is 0.189. The molecule has 0 amide bonds. The van der Waals surface area contributed by atoms with Gasteiger partial charge in [-0.05, 0) is 36.0 Å². The fraction of sp³-hybridized carbons (Fsp3) is 0.941.